The Morgan fingerprint density at radius 1 is 0.714 bits per heavy atom. The van der Waals surface area contributed by atoms with E-state index in [4.69, 9.17) is 9.68 Å². The Kier molecular flexibility index (Phi) is 13.4. The number of aromatic nitrogens is 4. The summed E-state index contributed by atoms with van der Waals surface area (Å²) in [5, 5.41) is 15.8. The number of halogens is 2. The lowest BCUT2D eigenvalue weighted by atomic mass is 10.0. The minimum Gasteiger partial charge on any atom is -0.309 e. The van der Waals surface area contributed by atoms with E-state index in [1.165, 1.54) is 22.5 Å². The van der Waals surface area contributed by atoms with Gasteiger partial charge in [-0.05, 0) is 24.3 Å². The highest BCUT2D eigenvalue weighted by Gasteiger charge is 2.25. The summed E-state index contributed by atoms with van der Waals surface area (Å²) in [6.45, 7) is 11.5. The van der Waals surface area contributed by atoms with Gasteiger partial charge in [-0.3, -0.25) is 9.68 Å². The second-order valence-corrected chi connectivity index (χ2v) is 9.39. The number of hydrogen-bond acceptors (Lipinski definition) is 8. The highest BCUT2D eigenvalue weighted by atomic mass is 35.5. The maximum absolute atomic E-state index is 5.35. The highest BCUT2D eigenvalue weighted by molar-refractivity contribution is 5.85. The first-order chi connectivity index (χ1) is 19.8. The minimum absolute atomic E-state index is 0. The molecule has 2 aliphatic rings. The van der Waals surface area contributed by atoms with Crippen molar-refractivity contribution in [2.45, 2.75) is 25.2 Å². The van der Waals surface area contributed by atoms with Gasteiger partial charge in [0.15, 0.2) is 0 Å². The summed E-state index contributed by atoms with van der Waals surface area (Å²) in [5.41, 5.74) is 12.9. The molecule has 0 radical (unpaired) electrons. The van der Waals surface area contributed by atoms with Crippen molar-refractivity contribution >= 4 is 24.8 Å². The molecule has 4 aromatic rings. The maximum atomic E-state index is 5.35. The van der Waals surface area contributed by atoms with Gasteiger partial charge >= 0.3 is 0 Å². The molecule has 2 unspecified atom stereocenters. The van der Waals surface area contributed by atoms with Crippen molar-refractivity contribution in [1.82, 2.24) is 41.2 Å². The first-order valence-corrected chi connectivity index (χ1v) is 13.4. The Hall–Kier alpha value is -3.32. The van der Waals surface area contributed by atoms with Crippen molar-refractivity contribution in [2.24, 2.45) is 0 Å². The van der Waals surface area contributed by atoms with E-state index in [1.807, 2.05) is 58.2 Å². The molecule has 0 spiro atoms. The van der Waals surface area contributed by atoms with Gasteiger partial charge in [-0.1, -0.05) is 48.6 Å². The van der Waals surface area contributed by atoms with Gasteiger partial charge in [-0.2, -0.15) is 21.2 Å². The maximum Gasteiger partial charge on any atom is 0.0861 e. The predicted octanol–water partition coefficient (Wildman–Crippen LogP) is 4.29. The first kappa shape index (κ1) is 33.2. The van der Waals surface area contributed by atoms with E-state index in [1.54, 1.807) is 12.2 Å². The summed E-state index contributed by atoms with van der Waals surface area (Å²) < 4.78 is 3.95. The molecule has 224 valence electrons. The third kappa shape index (κ3) is 7.94. The Morgan fingerprint density at radius 2 is 1.12 bits per heavy atom. The molecule has 2 aromatic carbocycles. The van der Waals surface area contributed by atoms with Crippen LogP contribution >= 0.6 is 24.8 Å². The number of fused-ring (bicyclic) bond motifs is 2. The number of nitrogens with one attached hydrogen (secondary N) is 4. The minimum atomic E-state index is 0. The Labute approximate surface area is 258 Å². The van der Waals surface area contributed by atoms with Crippen molar-refractivity contribution in [2.75, 3.05) is 26.3 Å². The molecule has 6 rings (SSSR count). The zero-order valence-electron chi connectivity index (χ0n) is 23.3. The topological polar surface area (TPSA) is 102 Å². The lowest BCUT2D eigenvalue weighted by Gasteiger charge is -2.24. The summed E-state index contributed by atoms with van der Waals surface area (Å²) in [7, 11) is 0. The van der Waals surface area contributed by atoms with Crippen LogP contribution in [0.3, 0.4) is 0 Å². The summed E-state index contributed by atoms with van der Waals surface area (Å²) in [5.74, 6) is 0. The fraction of sp³-hybridized carbons (Fsp3) is 0.267. The number of hydroxylamine groups is 2. The van der Waals surface area contributed by atoms with E-state index < -0.39 is 0 Å². The van der Waals surface area contributed by atoms with Gasteiger partial charge in [-0.25, -0.2) is 9.36 Å². The standard InChI is InChI=1S/2C15H18N4O.2ClH/c2*1-2-8-20-18-14-10-16-11-15-13(14)9-17-19(15)12-6-4-3-5-7-12;;/h2*2-7,9,14,16,18H,1,8,10-11H2;2*1H. The van der Waals surface area contributed by atoms with E-state index in [2.05, 4.69) is 69.2 Å². The molecule has 0 aliphatic carbocycles. The van der Waals surface area contributed by atoms with Gasteiger partial charge in [0.25, 0.3) is 0 Å². The van der Waals surface area contributed by atoms with Crippen molar-refractivity contribution in [3.05, 3.63) is 121 Å². The van der Waals surface area contributed by atoms with Gasteiger partial charge in [0.2, 0.25) is 0 Å². The average Bonchev–Trinajstić information content (AvgIpc) is 3.65. The summed E-state index contributed by atoms with van der Waals surface area (Å²) >= 11 is 0. The highest BCUT2D eigenvalue weighted by Crippen LogP contribution is 2.25. The van der Waals surface area contributed by atoms with Crippen LogP contribution in [0, 0.1) is 0 Å². The van der Waals surface area contributed by atoms with Crippen LogP contribution in [0.1, 0.15) is 34.6 Å². The summed E-state index contributed by atoms with van der Waals surface area (Å²) in [6, 6.07) is 20.5. The van der Waals surface area contributed by atoms with E-state index >= 15 is 0 Å². The largest absolute Gasteiger partial charge is 0.309 e. The van der Waals surface area contributed by atoms with Gasteiger partial charge in [-0.15, -0.1) is 38.0 Å². The Morgan fingerprint density at radius 3 is 1.50 bits per heavy atom. The molecule has 2 aliphatic heterocycles. The lowest BCUT2D eigenvalue weighted by Crippen LogP contribution is -2.36. The molecule has 0 saturated carbocycles. The van der Waals surface area contributed by atoms with Crippen LogP contribution in [-0.2, 0) is 22.8 Å². The van der Waals surface area contributed by atoms with Crippen LogP contribution in [0.2, 0.25) is 0 Å². The van der Waals surface area contributed by atoms with Crippen LogP contribution in [0.15, 0.2) is 98.4 Å². The smallest absolute Gasteiger partial charge is 0.0861 e. The molecule has 0 fully saturated rings. The first-order valence-electron chi connectivity index (χ1n) is 13.4. The Bertz CT molecular complexity index is 1270. The molecular weight excluding hydrogens is 575 g/mol. The zero-order valence-corrected chi connectivity index (χ0v) is 24.9. The third-order valence-electron chi connectivity index (χ3n) is 6.69. The Balaban J connectivity index is 0.000000220. The predicted molar refractivity (Wildman–Crippen MR) is 169 cm³/mol. The monoisotopic (exact) mass is 612 g/mol. The zero-order chi connectivity index (χ0) is 27.6. The molecule has 2 aromatic heterocycles. The molecule has 4 N–H and O–H groups in total. The van der Waals surface area contributed by atoms with Crippen LogP contribution in [0.5, 0.6) is 0 Å². The molecule has 12 heteroatoms. The molecule has 42 heavy (non-hydrogen) atoms. The molecule has 4 heterocycles. The van der Waals surface area contributed by atoms with Crippen LogP contribution in [0.25, 0.3) is 11.4 Å². The van der Waals surface area contributed by atoms with Crippen LogP contribution < -0.4 is 21.6 Å². The molecule has 2 atom stereocenters. The summed E-state index contributed by atoms with van der Waals surface area (Å²) in [6.07, 6.45) is 7.27. The fourth-order valence-electron chi connectivity index (χ4n) is 4.81. The number of rotatable bonds is 10. The second-order valence-electron chi connectivity index (χ2n) is 9.39. The van der Waals surface area contributed by atoms with Crippen molar-refractivity contribution in [1.29, 1.82) is 0 Å². The van der Waals surface area contributed by atoms with E-state index in [9.17, 15) is 0 Å². The summed E-state index contributed by atoms with van der Waals surface area (Å²) in [4.78, 5) is 10.7. The van der Waals surface area contributed by atoms with Gasteiger partial charge < -0.3 is 10.6 Å². The number of nitrogens with zero attached hydrogens (tertiary/aromatic N) is 4. The van der Waals surface area contributed by atoms with Gasteiger partial charge in [0, 0.05) is 37.3 Å². The van der Waals surface area contributed by atoms with Gasteiger partial charge in [0.1, 0.15) is 0 Å². The SMILES string of the molecule is C=CCONC1CNCc2c1cnn2-c1ccccc1.C=CCONC1CNCc2c1cnn2-c1ccccc1.Cl.Cl. The molecule has 0 bridgehead atoms. The average molecular weight is 614 g/mol. The normalized spacial score (nSPS) is 16.9. The quantitative estimate of drug-likeness (QED) is 0.119. The van der Waals surface area contributed by atoms with Crippen molar-refractivity contribution < 1.29 is 9.68 Å². The van der Waals surface area contributed by atoms with Crippen LogP contribution in [0.4, 0.5) is 0 Å². The lowest BCUT2D eigenvalue weighted by molar-refractivity contribution is 0.0324. The van der Waals surface area contributed by atoms with Crippen LogP contribution in [-0.4, -0.2) is 45.9 Å². The number of hydrogen-bond donors (Lipinski definition) is 4. The second kappa shape index (κ2) is 17.0. The number of benzene rings is 2. The van der Waals surface area contributed by atoms with Gasteiger partial charge in [0.05, 0.1) is 60.5 Å². The van der Waals surface area contributed by atoms with E-state index in [0.29, 0.717) is 13.2 Å². The fourth-order valence-corrected chi connectivity index (χ4v) is 4.81. The van der Waals surface area contributed by atoms with Crippen molar-refractivity contribution in [3.8, 4) is 11.4 Å². The third-order valence-corrected chi connectivity index (χ3v) is 6.69. The number of para-hydroxylation sites is 2. The molecule has 0 saturated heterocycles. The van der Waals surface area contributed by atoms with E-state index in [0.717, 1.165) is 37.6 Å². The van der Waals surface area contributed by atoms with E-state index in [-0.39, 0.29) is 36.9 Å². The molecule has 10 nitrogen and oxygen atoms in total. The van der Waals surface area contributed by atoms with Crippen molar-refractivity contribution in [3.63, 3.8) is 0 Å². The molecule has 0 amide bonds. The molecular formula is C30H38Cl2N8O2.